The normalized spacial score (nSPS) is 10.4. The molecule has 0 aliphatic rings. The molecule has 0 atom stereocenters. The second-order valence-corrected chi connectivity index (χ2v) is 4.52. The first-order valence-corrected chi connectivity index (χ1v) is 6.37. The lowest BCUT2D eigenvalue weighted by Gasteiger charge is -2.06. The van der Waals surface area contributed by atoms with Gasteiger partial charge < -0.3 is 10.5 Å². The van der Waals surface area contributed by atoms with Gasteiger partial charge in [-0.25, -0.2) is 4.68 Å². The minimum Gasteiger partial charge on any atom is -0.457 e. The molecule has 20 heavy (non-hydrogen) atoms. The van der Waals surface area contributed by atoms with E-state index in [-0.39, 0.29) is 0 Å². The smallest absolute Gasteiger partial charge is 0.127 e. The number of hydrogen-bond donors (Lipinski definition) is 1. The zero-order valence-corrected chi connectivity index (χ0v) is 11.2. The van der Waals surface area contributed by atoms with Crippen molar-refractivity contribution in [2.75, 3.05) is 5.73 Å². The number of benzene rings is 2. The minimum atomic E-state index is 0.689. The van der Waals surface area contributed by atoms with E-state index in [1.54, 1.807) is 4.68 Å². The molecule has 0 saturated heterocycles. The third-order valence-corrected chi connectivity index (χ3v) is 3.02. The van der Waals surface area contributed by atoms with Gasteiger partial charge in [0.2, 0.25) is 0 Å². The molecule has 0 aliphatic heterocycles. The van der Waals surface area contributed by atoms with Gasteiger partial charge in [0.15, 0.2) is 0 Å². The second-order valence-electron chi connectivity index (χ2n) is 4.52. The fourth-order valence-electron chi connectivity index (χ4n) is 1.90. The molecule has 100 valence electrons. The quantitative estimate of drug-likeness (QED) is 0.787. The highest BCUT2D eigenvalue weighted by molar-refractivity contribution is 5.45. The molecule has 0 radical (unpaired) electrons. The van der Waals surface area contributed by atoms with Crippen LogP contribution in [-0.2, 0) is 0 Å². The number of nitrogens with zero attached hydrogens (tertiary/aromatic N) is 2. The van der Waals surface area contributed by atoms with Crippen LogP contribution in [0.4, 0.5) is 5.69 Å². The summed E-state index contributed by atoms with van der Waals surface area (Å²) in [5.74, 6) is 1.61. The van der Waals surface area contributed by atoms with E-state index in [0.29, 0.717) is 5.69 Å². The summed E-state index contributed by atoms with van der Waals surface area (Å²) >= 11 is 0. The Kier molecular flexibility index (Phi) is 3.13. The highest BCUT2D eigenvalue weighted by Gasteiger charge is 2.03. The highest BCUT2D eigenvalue weighted by Crippen LogP contribution is 2.22. The maximum Gasteiger partial charge on any atom is 0.127 e. The topological polar surface area (TPSA) is 53.1 Å². The fourth-order valence-corrected chi connectivity index (χ4v) is 1.90. The minimum absolute atomic E-state index is 0.689. The number of anilines is 1. The number of para-hydroxylation sites is 1. The number of aryl methyl sites for hydroxylation is 1. The van der Waals surface area contributed by atoms with Crippen LogP contribution >= 0.6 is 0 Å². The van der Waals surface area contributed by atoms with E-state index in [4.69, 9.17) is 10.5 Å². The zero-order valence-electron chi connectivity index (χ0n) is 11.2. The van der Waals surface area contributed by atoms with Crippen molar-refractivity contribution in [1.82, 2.24) is 9.78 Å². The van der Waals surface area contributed by atoms with Crippen LogP contribution in [-0.4, -0.2) is 9.78 Å². The number of hydrogen-bond acceptors (Lipinski definition) is 3. The fraction of sp³-hybridized carbons (Fsp3) is 0.0625. The SMILES string of the molecule is Cc1nn(-c2ccc(Oc3ccccc3)cc2)cc1N. The van der Waals surface area contributed by atoms with Crippen LogP contribution in [0.2, 0.25) is 0 Å². The Bertz CT molecular complexity index is 683. The first-order chi connectivity index (χ1) is 9.72. The summed E-state index contributed by atoms with van der Waals surface area (Å²) in [5, 5.41) is 4.34. The van der Waals surface area contributed by atoms with Crippen molar-refractivity contribution in [1.29, 1.82) is 0 Å². The Balaban J connectivity index is 1.81. The number of aromatic nitrogens is 2. The van der Waals surface area contributed by atoms with Gasteiger partial charge in [-0.15, -0.1) is 0 Å². The monoisotopic (exact) mass is 265 g/mol. The third-order valence-electron chi connectivity index (χ3n) is 3.02. The zero-order chi connectivity index (χ0) is 13.9. The Labute approximate surface area is 117 Å². The van der Waals surface area contributed by atoms with Crippen LogP contribution < -0.4 is 10.5 Å². The van der Waals surface area contributed by atoms with Gasteiger partial charge in [-0.3, -0.25) is 0 Å². The molecule has 3 aromatic rings. The molecule has 2 N–H and O–H groups in total. The molecule has 0 unspecified atom stereocenters. The Morgan fingerprint density at radius 1 is 0.950 bits per heavy atom. The molecule has 0 bridgehead atoms. The maximum atomic E-state index is 5.80. The van der Waals surface area contributed by atoms with E-state index in [1.807, 2.05) is 67.7 Å². The maximum absolute atomic E-state index is 5.80. The first-order valence-electron chi connectivity index (χ1n) is 6.37. The molecule has 3 rings (SSSR count). The number of nitrogen functional groups attached to an aromatic ring is 1. The van der Waals surface area contributed by atoms with Gasteiger partial charge in [0.25, 0.3) is 0 Å². The molecule has 0 fully saturated rings. The molecule has 0 aliphatic carbocycles. The van der Waals surface area contributed by atoms with E-state index < -0.39 is 0 Å². The van der Waals surface area contributed by atoms with Crippen molar-refractivity contribution >= 4 is 5.69 Å². The van der Waals surface area contributed by atoms with E-state index in [9.17, 15) is 0 Å². The molecule has 4 nitrogen and oxygen atoms in total. The van der Waals surface area contributed by atoms with Crippen molar-refractivity contribution in [2.45, 2.75) is 6.92 Å². The molecule has 1 heterocycles. The predicted molar refractivity (Wildman–Crippen MR) is 79.2 cm³/mol. The van der Waals surface area contributed by atoms with Crippen LogP contribution in [0.1, 0.15) is 5.69 Å². The van der Waals surface area contributed by atoms with E-state index in [1.165, 1.54) is 0 Å². The summed E-state index contributed by atoms with van der Waals surface area (Å²) in [6.07, 6.45) is 1.81. The predicted octanol–water partition coefficient (Wildman–Crippen LogP) is 3.56. The van der Waals surface area contributed by atoms with Crippen LogP contribution in [0.5, 0.6) is 11.5 Å². The molecule has 4 heteroatoms. The van der Waals surface area contributed by atoms with E-state index in [2.05, 4.69) is 5.10 Å². The lowest BCUT2D eigenvalue weighted by molar-refractivity contribution is 0.482. The van der Waals surface area contributed by atoms with E-state index in [0.717, 1.165) is 22.9 Å². The summed E-state index contributed by atoms with van der Waals surface area (Å²) in [6, 6.07) is 17.4. The molecular formula is C16H15N3O. The van der Waals surface area contributed by atoms with Gasteiger partial charge in [-0.2, -0.15) is 5.10 Å². The summed E-state index contributed by atoms with van der Waals surface area (Å²) in [7, 11) is 0. The number of rotatable bonds is 3. The van der Waals surface area contributed by atoms with Crippen LogP contribution in [0.25, 0.3) is 5.69 Å². The number of ether oxygens (including phenoxy) is 1. The summed E-state index contributed by atoms with van der Waals surface area (Å²) in [4.78, 5) is 0. The summed E-state index contributed by atoms with van der Waals surface area (Å²) in [6.45, 7) is 1.89. The molecular weight excluding hydrogens is 250 g/mol. The van der Waals surface area contributed by atoms with Crippen molar-refractivity contribution < 1.29 is 4.74 Å². The lowest BCUT2D eigenvalue weighted by Crippen LogP contribution is -1.94. The molecule has 0 spiro atoms. The van der Waals surface area contributed by atoms with Crippen LogP contribution in [0.15, 0.2) is 60.8 Å². The van der Waals surface area contributed by atoms with Crippen LogP contribution in [0.3, 0.4) is 0 Å². The first kappa shape index (κ1) is 12.3. The summed E-state index contributed by atoms with van der Waals surface area (Å²) < 4.78 is 7.50. The van der Waals surface area contributed by atoms with Crippen molar-refractivity contribution in [3.63, 3.8) is 0 Å². The Hall–Kier alpha value is -2.75. The number of nitrogens with two attached hydrogens (primary N) is 1. The molecule has 0 saturated carbocycles. The van der Waals surface area contributed by atoms with Gasteiger partial charge in [-0.1, -0.05) is 18.2 Å². The van der Waals surface area contributed by atoms with Gasteiger partial charge in [0.05, 0.1) is 23.3 Å². The molecule has 2 aromatic carbocycles. The van der Waals surface area contributed by atoms with Gasteiger partial charge in [-0.05, 0) is 43.3 Å². The summed E-state index contributed by atoms with van der Waals surface area (Å²) in [5.41, 5.74) is 8.27. The molecule has 1 aromatic heterocycles. The van der Waals surface area contributed by atoms with Crippen molar-refractivity contribution in [2.24, 2.45) is 0 Å². The van der Waals surface area contributed by atoms with Crippen molar-refractivity contribution in [3.8, 4) is 17.2 Å². The standard InChI is InChI=1S/C16H15N3O/c1-12-16(17)11-19(18-12)13-7-9-15(10-8-13)20-14-5-3-2-4-6-14/h2-11H,17H2,1H3. The Morgan fingerprint density at radius 2 is 1.60 bits per heavy atom. The largest absolute Gasteiger partial charge is 0.457 e. The Morgan fingerprint density at radius 3 is 2.20 bits per heavy atom. The van der Waals surface area contributed by atoms with Crippen molar-refractivity contribution in [3.05, 3.63) is 66.5 Å². The average molecular weight is 265 g/mol. The molecule has 0 amide bonds. The van der Waals surface area contributed by atoms with Gasteiger partial charge >= 0.3 is 0 Å². The third kappa shape index (κ3) is 2.49. The lowest BCUT2D eigenvalue weighted by atomic mass is 10.3. The van der Waals surface area contributed by atoms with Gasteiger partial charge in [0.1, 0.15) is 11.5 Å². The highest BCUT2D eigenvalue weighted by atomic mass is 16.5. The van der Waals surface area contributed by atoms with Crippen LogP contribution in [0, 0.1) is 6.92 Å². The van der Waals surface area contributed by atoms with E-state index >= 15 is 0 Å². The van der Waals surface area contributed by atoms with Gasteiger partial charge in [0, 0.05) is 0 Å². The second kappa shape index (κ2) is 5.09. The average Bonchev–Trinajstić information content (AvgIpc) is 2.81.